The number of fused-ring (bicyclic) bond motifs is 1. The molecule has 1 unspecified atom stereocenters. The van der Waals surface area contributed by atoms with Crippen molar-refractivity contribution in [2.75, 3.05) is 24.4 Å². The number of hydrogen-bond donors (Lipinski definition) is 1. The Hall–Kier alpha value is -3.04. The lowest BCUT2D eigenvalue weighted by atomic mass is 9.99. The van der Waals surface area contributed by atoms with Crippen LogP contribution in [0.2, 0.25) is 0 Å². The molecule has 1 aromatic heterocycles. The highest BCUT2D eigenvalue weighted by Gasteiger charge is 2.26. The van der Waals surface area contributed by atoms with Crippen LogP contribution in [0.1, 0.15) is 35.4 Å². The van der Waals surface area contributed by atoms with E-state index >= 15 is 0 Å². The lowest BCUT2D eigenvalue weighted by Gasteiger charge is -2.12. The Kier molecular flexibility index (Phi) is 8.21. The zero-order valence-corrected chi connectivity index (χ0v) is 21.9. The lowest BCUT2D eigenvalue weighted by molar-refractivity contribution is -0.137. The summed E-state index contributed by atoms with van der Waals surface area (Å²) >= 11 is 1.64. The quantitative estimate of drug-likeness (QED) is 0.343. The summed E-state index contributed by atoms with van der Waals surface area (Å²) in [5.74, 6) is 1.30. The molecule has 7 nitrogen and oxygen atoms in total. The van der Waals surface area contributed by atoms with Crippen LogP contribution in [0.15, 0.2) is 59.6 Å². The third kappa shape index (κ3) is 7.01. The molecule has 1 aliphatic rings. The molecule has 1 aliphatic heterocycles. The van der Waals surface area contributed by atoms with Gasteiger partial charge in [-0.15, -0.1) is 11.8 Å². The van der Waals surface area contributed by atoms with Gasteiger partial charge in [0.15, 0.2) is 0 Å². The highest BCUT2D eigenvalue weighted by atomic mass is 32.2. The molecule has 0 fully saturated rings. The van der Waals surface area contributed by atoms with Crippen LogP contribution in [0, 0.1) is 6.92 Å². The van der Waals surface area contributed by atoms with Gasteiger partial charge in [-0.3, -0.25) is 4.79 Å². The molecular weight excluding hydrogens is 498 g/mol. The second-order valence-corrected chi connectivity index (χ2v) is 12.3. The Labute approximate surface area is 215 Å². The zero-order chi connectivity index (χ0) is 25.7. The first kappa shape index (κ1) is 26.0. The van der Waals surface area contributed by atoms with Gasteiger partial charge in [0.2, 0.25) is 5.88 Å². The number of thioether (sulfide) groups is 1. The predicted molar refractivity (Wildman–Crippen MR) is 141 cm³/mol. The van der Waals surface area contributed by atoms with Crippen molar-refractivity contribution in [1.29, 1.82) is 0 Å². The fourth-order valence-electron chi connectivity index (χ4n) is 4.15. The second kappa shape index (κ2) is 11.3. The van der Waals surface area contributed by atoms with Crippen molar-refractivity contribution >= 4 is 27.6 Å². The van der Waals surface area contributed by atoms with Crippen molar-refractivity contribution in [3.8, 4) is 22.8 Å². The number of ether oxygens (including phenoxy) is 2. The van der Waals surface area contributed by atoms with Crippen LogP contribution in [-0.2, 0) is 21.2 Å². The van der Waals surface area contributed by atoms with Gasteiger partial charge >= 0.3 is 5.97 Å². The molecule has 3 aromatic rings. The van der Waals surface area contributed by atoms with Crippen LogP contribution in [0.4, 0.5) is 0 Å². The first-order valence-electron chi connectivity index (χ1n) is 11.7. The lowest BCUT2D eigenvalue weighted by Crippen LogP contribution is -2.08. The Morgan fingerprint density at radius 1 is 1.17 bits per heavy atom. The van der Waals surface area contributed by atoms with E-state index in [0.29, 0.717) is 25.5 Å². The van der Waals surface area contributed by atoms with Crippen LogP contribution in [0.3, 0.4) is 0 Å². The molecule has 9 heteroatoms. The van der Waals surface area contributed by atoms with Gasteiger partial charge in [0.25, 0.3) is 0 Å². The Morgan fingerprint density at radius 2 is 2.00 bits per heavy atom. The van der Waals surface area contributed by atoms with Crippen molar-refractivity contribution < 1.29 is 27.8 Å². The van der Waals surface area contributed by atoms with E-state index in [9.17, 15) is 13.2 Å². The molecule has 0 bridgehead atoms. The first-order chi connectivity index (χ1) is 17.2. The van der Waals surface area contributed by atoms with Crippen LogP contribution in [0.5, 0.6) is 11.6 Å². The van der Waals surface area contributed by atoms with Crippen LogP contribution in [0.25, 0.3) is 11.1 Å². The molecule has 190 valence electrons. The molecule has 0 spiro atoms. The third-order valence-electron chi connectivity index (χ3n) is 5.92. The summed E-state index contributed by atoms with van der Waals surface area (Å²) in [6.45, 7) is 2.74. The molecule has 0 saturated carbocycles. The largest absolute Gasteiger partial charge is 0.494 e. The Morgan fingerprint density at radius 3 is 2.75 bits per heavy atom. The van der Waals surface area contributed by atoms with E-state index in [1.807, 2.05) is 49.4 Å². The standard InChI is InChI=1S/C27H29NO6S2/c1-18-11-22(33-9-4-10-36(2,31)32)7-8-23(18)20-6-3-5-19(12-20)16-34-26-14-25-24(15-28-26)21(17-35-25)13-27(29)30/h3,5-8,11-12,14-15,21H,4,9-10,13,16-17H2,1-2H3,(H,29,30). The van der Waals surface area contributed by atoms with E-state index in [4.69, 9.17) is 14.6 Å². The van der Waals surface area contributed by atoms with E-state index in [1.54, 1.807) is 18.0 Å². The maximum absolute atomic E-state index is 11.3. The maximum atomic E-state index is 11.3. The average Bonchev–Trinajstić information content (AvgIpc) is 3.21. The number of carbonyl (C=O) groups is 1. The minimum absolute atomic E-state index is 0.00625. The number of aromatic nitrogens is 1. The first-order valence-corrected chi connectivity index (χ1v) is 14.7. The SMILES string of the molecule is Cc1cc(OCCCS(C)(=O)=O)ccc1-c1cccc(COc2cc3c(cn2)C(CC(=O)O)CS3)c1. The molecular formula is C27H29NO6S2. The summed E-state index contributed by atoms with van der Waals surface area (Å²) in [6, 6.07) is 15.9. The molecule has 0 radical (unpaired) electrons. The fourth-order valence-corrected chi connectivity index (χ4v) is 6.04. The van der Waals surface area contributed by atoms with Crippen molar-refractivity contribution in [3.05, 3.63) is 71.4 Å². The number of rotatable bonds is 11. The summed E-state index contributed by atoms with van der Waals surface area (Å²) < 4.78 is 34.2. The van der Waals surface area contributed by atoms with Crippen molar-refractivity contribution in [3.63, 3.8) is 0 Å². The monoisotopic (exact) mass is 527 g/mol. The smallest absolute Gasteiger partial charge is 0.303 e. The number of pyridine rings is 1. The van der Waals surface area contributed by atoms with Crippen LogP contribution < -0.4 is 9.47 Å². The van der Waals surface area contributed by atoms with Gasteiger partial charge in [-0.25, -0.2) is 13.4 Å². The Balaban J connectivity index is 1.37. The van der Waals surface area contributed by atoms with Crippen molar-refractivity contribution in [2.24, 2.45) is 0 Å². The summed E-state index contributed by atoms with van der Waals surface area (Å²) in [5.41, 5.74) is 5.19. The zero-order valence-electron chi connectivity index (χ0n) is 20.3. The van der Waals surface area contributed by atoms with Crippen LogP contribution in [-0.4, -0.2) is 48.8 Å². The summed E-state index contributed by atoms with van der Waals surface area (Å²) in [5, 5.41) is 9.09. The van der Waals surface area contributed by atoms with Gasteiger partial charge in [-0.2, -0.15) is 0 Å². The van der Waals surface area contributed by atoms with Crippen LogP contribution >= 0.6 is 11.8 Å². The molecule has 0 amide bonds. The van der Waals surface area contributed by atoms with Gasteiger partial charge in [-0.1, -0.05) is 24.3 Å². The summed E-state index contributed by atoms with van der Waals surface area (Å²) in [7, 11) is -2.98. The molecule has 36 heavy (non-hydrogen) atoms. The number of hydrogen-bond acceptors (Lipinski definition) is 7. The fraction of sp³-hybridized carbons (Fsp3) is 0.333. The maximum Gasteiger partial charge on any atom is 0.303 e. The molecule has 4 rings (SSSR count). The molecule has 2 aromatic carbocycles. The van der Waals surface area contributed by atoms with Gasteiger partial charge in [0.05, 0.1) is 18.8 Å². The molecule has 1 N–H and O–H groups in total. The van der Waals surface area contributed by atoms with Gasteiger partial charge in [0.1, 0.15) is 22.2 Å². The summed E-state index contributed by atoms with van der Waals surface area (Å²) in [6.07, 6.45) is 3.54. The van der Waals surface area contributed by atoms with Gasteiger partial charge in [-0.05, 0) is 59.4 Å². The topological polar surface area (TPSA) is 103 Å². The minimum Gasteiger partial charge on any atom is -0.494 e. The average molecular weight is 528 g/mol. The van der Waals surface area contributed by atoms with Gasteiger partial charge < -0.3 is 14.6 Å². The number of aliphatic carboxylic acids is 1. The van der Waals surface area contributed by atoms with E-state index in [1.165, 1.54) is 6.26 Å². The number of carboxylic acids is 1. The molecule has 1 atom stereocenters. The Bertz CT molecular complexity index is 1360. The second-order valence-electron chi connectivity index (χ2n) is 8.96. The highest BCUT2D eigenvalue weighted by Crippen LogP contribution is 2.42. The number of nitrogens with zero attached hydrogens (tertiary/aromatic N) is 1. The highest BCUT2D eigenvalue weighted by molar-refractivity contribution is 7.99. The molecule has 2 heterocycles. The predicted octanol–water partition coefficient (Wildman–Crippen LogP) is 5.11. The minimum atomic E-state index is -2.98. The number of carboxylic acid groups (broad SMARTS) is 1. The van der Waals surface area contributed by atoms with Crippen molar-refractivity contribution in [2.45, 2.75) is 37.2 Å². The summed E-state index contributed by atoms with van der Waals surface area (Å²) in [4.78, 5) is 16.5. The number of benzene rings is 2. The van der Waals surface area contributed by atoms with E-state index in [-0.39, 0.29) is 18.1 Å². The van der Waals surface area contributed by atoms with E-state index in [2.05, 4.69) is 11.1 Å². The van der Waals surface area contributed by atoms with E-state index in [0.717, 1.165) is 44.2 Å². The molecule has 0 aliphatic carbocycles. The van der Waals surface area contributed by atoms with E-state index < -0.39 is 15.8 Å². The molecule has 0 saturated heterocycles. The normalized spacial score (nSPS) is 14.9. The number of sulfone groups is 1. The number of aryl methyl sites for hydroxylation is 1. The third-order valence-corrected chi connectivity index (χ3v) is 8.19. The van der Waals surface area contributed by atoms with Crippen molar-refractivity contribution in [1.82, 2.24) is 4.98 Å². The van der Waals surface area contributed by atoms with Gasteiger partial charge in [0, 0.05) is 35.1 Å².